The number of hydrogen-bond donors (Lipinski definition) is 4. The first kappa shape index (κ1) is 59.6. The molecule has 18 nitrogen and oxygen atoms in total. The van der Waals surface area contributed by atoms with Crippen LogP contribution < -0.4 is 38.7 Å². The number of thiazole rings is 2. The van der Waals surface area contributed by atoms with E-state index in [4.69, 9.17) is 32.4 Å². The molecule has 84 heavy (non-hydrogen) atoms. The van der Waals surface area contributed by atoms with E-state index in [0.717, 1.165) is 59.8 Å². The lowest BCUT2D eigenvalue weighted by molar-refractivity contribution is 0.00578. The lowest BCUT2D eigenvalue weighted by Gasteiger charge is -2.32. The zero-order valence-corrected chi connectivity index (χ0v) is 47.7. The number of fused-ring (bicyclic) bond motifs is 4. The summed E-state index contributed by atoms with van der Waals surface area (Å²) < 4.78 is 15.2. The third-order valence-corrected chi connectivity index (χ3v) is 16.1. The minimum absolute atomic E-state index is 0. The molecule has 0 unspecified atom stereocenters. The summed E-state index contributed by atoms with van der Waals surface area (Å²) in [7, 11) is -0.388. The van der Waals surface area contributed by atoms with Crippen LogP contribution in [0.25, 0.3) is 64.7 Å². The van der Waals surface area contributed by atoms with Crippen LogP contribution in [-0.2, 0) is 9.31 Å². The highest BCUT2D eigenvalue weighted by Gasteiger charge is 2.51. The van der Waals surface area contributed by atoms with Crippen LogP contribution in [0.4, 0.5) is 23.0 Å². The molecule has 1 aliphatic heterocycles. The molecule has 6 N–H and O–H groups in total. The van der Waals surface area contributed by atoms with Gasteiger partial charge in [-0.3, -0.25) is 28.7 Å². The molecule has 426 valence electrons. The highest BCUT2D eigenvalue weighted by atomic mass is 35.5. The van der Waals surface area contributed by atoms with Gasteiger partial charge in [0.25, 0.3) is 11.1 Å². The van der Waals surface area contributed by atoms with Gasteiger partial charge in [-0.1, -0.05) is 93.2 Å². The normalized spacial score (nSPS) is 13.9. The van der Waals surface area contributed by atoms with Crippen LogP contribution in [0, 0.1) is 0 Å². The van der Waals surface area contributed by atoms with Crippen LogP contribution in [0.1, 0.15) is 79.9 Å². The second kappa shape index (κ2) is 24.8. The topological polar surface area (TPSA) is 242 Å². The summed E-state index contributed by atoms with van der Waals surface area (Å²) >= 11 is 9.30. The summed E-state index contributed by atoms with van der Waals surface area (Å²) in [5.41, 5.74) is 22.4. The molecule has 0 spiro atoms. The summed E-state index contributed by atoms with van der Waals surface area (Å²) in [4.78, 5) is 63.7. The summed E-state index contributed by atoms with van der Waals surface area (Å²) in [5.74, 6) is 1.26. The van der Waals surface area contributed by atoms with Gasteiger partial charge in [0.2, 0.25) is 0 Å². The number of nitrogens with two attached hydrogens (primary N) is 2. The molecule has 0 bridgehead atoms. The largest absolute Gasteiger partial charge is 0.496 e. The van der Waals surface area contributed by atoms with Crippen molar-refractivity contribution in [2.75, 3.05) is 22.1 Å². The SMILES string of the molecule is C.C.CC1(C)OB(c2cncc(N)c2)OC1(C)C.C[C@H](Nc1ncnc2scnc12)c1cc2cccc(-c3cncc(N)c3)c2c(=O)n1-c1ccccc1.C[C@H](Nc1ncnc2scnc12)c1cc2cccc(Cl)c2c(=O)n1-c1ccccc1. The van der Waals surface area contributed by atoms with Gasteiger partial charge in [-0.25, -0.2) is 29.9 Å². The molecule has 0 radical (unpaired) electrons. The maximum Gasteiger partial charge on any atom is 0.496 e. The number of rotatable bonds is 10. The number of hydrogen-bond acceptors (Lipinski definition) is 18. The number of anilines is 4. The molecule has 1 saturated heterocycles. The number of nitrogens with one attached hydrogen (secondary N) is 2. The van der Waals surface area contributed by atoms with Crippen molar-refractivity contribution in [3.05, 3.63) is 207 Å². The number of pyridine rings is 4. The molecule has 22 heteroatoms. The molecule has 9 heterocycles. The number of halogens is 1. The van der Waals surface area contributed by atoms with E-state index in [-0.39, 0.29) is 56.4 Å². The average Bonchev–Trinajstić information content (AvgIpc) is 2.02. The Morgan fingerprint density at radius 1 is 0.571 bits per heavy atom. The van der Waals surface area contributed by atoms with E-state index >= 15 is 0 Å². The standard InChI is InChI=1S/C27H21N7OS.C22H16ClN5OS.C11H17BN2O2.2CH4/c1-16(33-25-24-26(31-14-30-25)36-15-32-24)22-11-17-6-5-9-21(18-10-19(28)13-29-12-18)23(17)27(35)34(22)20-7-3-2-4-8-20;1-13(27-20-19-21(25-11-24-20)30-12-26-19)17-10-14-6-5-9-16(23)18(14)22(29)28(17)15-7-3-2-4-8-15;1-10(2)11(3,4)16-12(15-10)8-5-9(13)7-14-6-8;;/h2-16H,28H2,1H3,(H,30,31,33);2-13H,1H3,(H,24,25,27);5-7H,13H2,1-4H3;2*1H4/t16-;13-;;;/m00.../s1. The van der Waals surface area contributed by atoms with Crippen molar-refractivity contribution in [1.82, 2.24) is 49.0 Å². The first-order chi connectivity index (χ1) is 39.5. The Morgan fingerprint density at radius 2 is 1.05 bits per heavy atom. The predicted molar refractivity (Wildman–Crippen MR) is 344 cm³/mol. The number of nitrogens with zero attached hydrogens (tertiary/aromatic N) is 10. The molecule has 1 aliphatic rings. The van der Waals surface area contributed by atoms with Crippen LogP contribution in [-0.4, -0.2) is 67.3 Å². The second-order valence-electron chi connectivity index (χ2n) is 20.4. The highest BCUT2D eigenvalue weighted by molar-refractivity contribution is 7.16. The van der Waals surface area contributed by atoms with E-state index in [1.54, 1.807) is 51.0 Å². The van der Waals surface area contributed by atoms with Crippen molar-refractivity contribution in [3.8, 4) is 22.5 Å². The molecular weight excluding hydrogens is 1120 g/mol. The molecule has 0 saturated carbocycles. The van der Waals surface area contributed by atoms with Crippen molar-refractivity contribution >= 4 is 112 Å². The molecule has 0 amide bonds. The van der Waals surface area contributed by atoms with Gasteiger partial charge in [0, 0.05) is 64.3 Å². The van der Waals surface area contributed by atoms with Crippen LogP contribution in [0.3, 0.4) is 0 Å². The smallest absolute Gasteiger partial charge is 0.399 e. The third kappa shape index (κ3) is 11.9. The fourth-order valence-corrected chi connectivity index (χ4v) is 11.2. The van der Waals surface area contributed by atoms with Crippen LogP contribution in [0.15, 0.2) is 179 Å². The van der Waals surface area contributed by atoms with Crippen LogP contribution in [0.2, 0.25) is 5.02 Å². The van der Waals surface area contributed by atoms with Crippen molar-refractivity contribution in [1.29, 1.82) is 0 Å². The number of aromatic nitrogens is 10. The van der Waals surface area contributed by atoms with Gasteiger partial charge in [0.05, 0.1) is 55.8 Å². The first-order valence-corrected chi connectivity index (χ1v) is 28.2. The molecule has 13 rings (SSSR count). The third-order valence-electron chi connectivity index (χ3n) is 14.4. The Morgan fingerprint density at radius 3 is 1.56 bits per heavy atom. The van der Waals surface area contributed by atoms with E-state index in [1.807, 2.05) is 157 Å². The predicted octanol–water partition coefficient (Wildman–Crippen LogP) is 12.7. The Kier molecular flexibility index (Phi) is 17.6. The van der Waals surface area contributed by atoms with Gasteiger partial charge in [0.15, 0.2) is 11.6 Å². The Hall–Kier alpha value is -8.99. The summed E-state index contributed by atoms with van der Waals surface area (Å²) in [6, 6.07) is 37.7. The lowest BCUT2D eigenvalue weighted by Crippen LogP contribution is -2.41. The zero-order valence-electron chi connectivity index (χ0n) is 45.4. The number of nitrogen functional groups attached to an aromatic ring is 2. The van der Waals surface area contributed by atoms with Crippen LogP contribution >= 0.6 is 34.3 Å². The maximum atomic E-state index is 14.2. The van der Waals surface area contributed by atoms with Crippen molar-refractivity contribution in [3.63, 3.8) is 0 Å². The van der Waals surface area contributed by atoms with E-state index in [9.17, 15) is 9.59 Å². The molecule has 8 aromatic heterocycles. The van der Waals surface area contributed by atoms with Gasteiger partial charge < -0.3 is 31.4 Å². The fraction of sp³-hybridized carbons (Fsp3) is 0.194. The molecular formula is C62H62BClN14O4S2. The Bertz CT molecular complexity index is 4410. The first-order valence-electron chi connectivity index (χ1n) is 26.1. The Labute approximate surface area is 498 Å². The highest BCUT2D eigenvalue weighted by Crippen LogP contribution is 2.37. The minimum atomic E-state index is -0.388. The van der Waals surface area contributed by atoms with E-state index in [1.165, 1.54) is 35.3 Å². The quantitative estimate of drug-likeness (QED) is 0.0931. The summed E-state index contributed by atoms with van der Waals surface area (Å²) in [5, 5.41) is 10.0. The average molecular weight is 1180 g/mol. The van der Waals surface area contributed by atoms with Crippen LogP contribution in [0.5, 0.6) is 0 Å². The van der Waals surface area contributed by atoms with Crippen molar-refractivity contribution in [2.24, 2.45) is 0 Å². The molecule has 12 aromatic rings. The van der Waals surface area contributed by atoms with E-state index in [2.05, 4.69) is 50.5 Å². The lowest BCUT2D eigenvalue weighted by atomic mass is 9.80. The monoisotopic (exact) mass is 1180 g/mol. The maximum absolute atomic E-state index is 14.2. The van der Waals surface area contributed by atoms with Gasteiger partial charge in [-0.15, -0.1) is 22.7 Å². The van der Waals surface area contributed by atoms with Gasteiger partial charge in [0.1, 0.15) is 33.3 Å². The van der Waals surface area contributed by atoms with E-state index < -0.39 is 0 Å². The van der Waals surface area contributed by atoms with Gasteiger partial charge >= 0.3 is 7.12 Å². The number of para-hydroxylation sites is 2. The summed E-state index contributed by atoms with van der Waals surface area (Å²) in [6.07, 6.45) is 9.68. The van der Waals surface area contributed by atoms with Crippen molar-refractivity contribution < 1.29 is 9.31 Å². The number of benzene rings is 4. The fourth-order valence-electron chi connectivity index (χ4n) is 9.63. The van der Waals surface area contributed by atoms with Gasteiger partial charge in [-0.05, 0) is 112 Å². The van der Waals surface area contributed by atoms with E-state index in [0.29, 0.717) is 49.8 Å². The molecule has 2 atom stereocenters. The molecule has 0 aliphatic carbocycles. The molecule has 1 fully saturated rings. The van der Waals surface area contributed by atoms with Crippen molar-refractivity contribution in [2.45, 2.75) is 79.7 Å². The molecule has 4 aromatic carbocycles. The van der Waals surface area contributed by atoms with Gasteiger partial charge in [-0.2, -0.15) is 0 Å². The summed E-state index contributed by atoms with van der Waals surface area (Å²) in [6.45, 7) is 12.1. The Balaban J connectivity index is 0.000000160. The minimum Gasteiger partial charge on any atom is -0.399 e. The second-order valence-corrected chi connectivity index (χ2v) is 22.5. The zero-order chi connectivity index (χ0) is 57.3.